The maximum atomic E-state index is 15.0. The fourth-order valence-electron chi connectivity index (χ4n) is 4.65. The van der Waals surface area contributed by atoms with Gasteiger partial charge in [0.2, 0.25) is 5.91 Å². The Hall–Kier alpha value is -4.49. The number of carbonyl (C=O) groups is 2. The van der Waals surface area contributed by atoms with Gasteiger partial charge >= 0.3 is 0 Å². The minimum absolute atomic E-state index is 0.0170. The summed E-state index contributed by atoms with van der Waals surface area (Å²) in [6.07, 6.45) is 4.11. The van der Waals surface area contributed by atoms with Crippen LogP contribution in [0.2, 0.25) is 5.02 Å². The molecule has 1 aromatic carbocycles. The highest BCUT2D eigenvalue weighted by molar-refractivity contribution is 6.33. The van der Waals surface area contributed by atoms with Crippen molar-refractivity contribution in [1.29, 1.82) is 0 Å². The standard InChI is InChI=1S/C26H25ClFN7O5/c1-13-11-40-4-3-35(13)21-7-19(17(27)8-30-21)32-22(37)10-34-9-16(23-25(34)31-12-33(2)26(23)39)14-5-15(24(29)38)20(36)6-18(14)28/h5-9,12-13,36H,3-4,10-11H2,1-2H3,(H2,29,38)(H,30,32,37)/t13-/m0/s1. The first-order chi connectivity index (χ1) is 19.0. The molecule has 14 heteroatoms. The van der Waals surface area contributed by atoms with E-state index in [1.807, 2.05) is 11.8 Å². The normalized spacial score (nSPS) is 15.4. The number of hydrogen-bond donors (Lipinski definition) is 3. The molecular weight excluding hydrogens is 545 g/mol. The molecule has 1 fully saturated rings. The van der Waals surface area contributed by atoms with Crippen LogP contribution < -0.4 is 21.5 Å². The Morgan fingerprint density at radius 2 is 2.05 bits per heavy atom. The van der Waals surface area contributed by atoms with Crippen LogP contribution in [0.15, 0.2) is 41.7 Å². The minimum atomic E-state index is -0.979. The van der Waals surface area contributed by atoms with Gasteiger partial charge in [-0.05, 0) is 13.0 Å². The molecule has 0 unspecified atom stereocenters. The molecule has 1 atom stereocenters. The van der Waals surface area contributed by atoms with Crippen molar-refractivity contribution in [1.82, 2.24) is 19.1 Å². The van der Waals surface area contributed by atoms with Gasteiger partial charge in [-0.3, -0.25) is 14.4 Å². The molecule has 4 N–H and O–H groups in total. The van der Waals surface area contributed by atoms with Crippen molar-refractivity contribution in [2.75, 3.05) is 30.0 Å². The van der Waals surface area contributed by atoms with Crippen LogP contribution in [0, 0.1) is 5.82 Å². The molecule has 5 rings (SSSR count). The predicted molar refractivity (Wildman–Crippen MR) is 146 cm³/mol. The third-order valence-corrected chi connectivity index (χ3v) is 6.97. The zero-order chi connectivity index (χ0) is 28.7. The summed E-state index contributed by atoms with van der Waals surface area (Å²) in [5.74, 6) is -2.38. The lowest BCUT2D eigenvalue weighted by molar-refractivity contribution is -0.116. The SMILES string of the molecule is C[C@H]1COCCN1c1cc(NC(=O)Cn2cc(-c3cc(C(N)=O)c(O)cc3F)c3c(=O)n(C)cnc32)c(Cl)cn1. The highest BCUT2D eigenvalue weighted by Crippen LogP contribution is 2.34. The van der Waals surface area contributed by atoms with E-state index in [0.29, 0.717) is 31.3 Å². The highest BCUT2D eigenvalue weighted by atomic mass is 35.5. The number of nitrogens with two attached hydrogens (primary N) is 1. The number of rotatable bonds is 6. The van der Waals surface area contributed by atoms with E-state index in [1.54, 1.807) is 6.07 Å². The van der Waals surface area contributed by atoms with Gasteiger partial charge in [-0.2, -0.15) is 0 Å². The number of amides is 2. The number of morpholine rings is 1. The molecule has 0 spiro atoms. The zero-order valence-electron chi connectivity index (χ0n) is 21.5. The predicted octanol–water partition coefficient (Wildman–Crippen LogP) is 2.26. The topological polar surface area (TPSA) is 158 Å². The monoisotopic (exact) mass is 569 g/mol. The molecule has 1 aliphatic rings. The number of nitrogens with zero attached hydrogens (tertiary/aromatic N) is 5. The van der Waals surface area contributed by atoms with Crippen LogP contribution in [-0.4, -0.2) is 61.8 Å². The largest absolute Gasteiger partial charge is 0.507 e. The van der Waals surface area contributed by atoms with Crippen LogP contribution in [0.1, 0.15) is 17.3 Å². The maximum Gasteiger partial charge on any atom is 0.263 e. The van der Waals surface area contributed by atoms with E-state index in [4.69, 9.17) is 22.1 Å². The number of phenols is 1. The third-order valence-electron chi connectivity index (χ3n) is 6.67. The van der Waals surface area contributed by atoms with Gasteiger partial charge in [0.25, 0.3) is 11.5 Å². The maximum absolute atomic E-state index is 15.0. The second-order valence-corrected chi connectivity index (χ2v) is 9.84. The average molecular weight is 570 g/mol. The summed E-state index contributed by atoms with van der Waals surface area (Å²) in [5.41, 5.74) is 4.85. The van der Waals surface area contributed by atoms with Crippen molar-refractivity contribution in [2.24, 2.45) is 12.8 Å². The van der Waals surface area contributed by atoms with E-state index >= 15 is 0 Å². The molecule has 3 aromatic heterocycles. The number of aromatic nitrogens is 4. The Kier molecular flexibility index (Phi) is 7.17. The second-order valence-electron chi connectivity index (χ2n) is 9.43. The zero-order valence-corrected chi connectivity index (χ0v) is 22.3. The second kappa shape index (κ2) is 10.6. The van der Waals surface area contributed by atoms with E-state index in [0.717, 1.165) is 12.1 Å². The number of ether oxygens (including phenoxy) is 1. The van der Waals surface area contributed by atoms with Gasteiger partial charge in [-0.25, -0.2) is 14.4 Å². The average Bonchev–Trinajstić information content (AvgIpc) is 3.26. The Morgan fingerprint density at radius 3 is 2.77 bits per heavy atom. The van der Waals surface area contributed by atoms with Gasteiger partial charge in [-0.1, -0.05) is 11.6 Å². The lowest BCUT2D eigenvalue weighted by Crippen LogP contribution is -2.44. The quantitative estimate of drug-likeness (QED) is 0.319. The van der Waals surface area contributed by atoms with Crippen LogP contribution in [0.25, 0.3) is 22.2 Å². The molecule has 0 bridgehead atoms. The van der Waals surface area contributed by atoms with Gasteiger partial charge < -0.3 is 34.9 Å². The van der Waals surface area contributed by atoms with E-state index in [-0.39, 0.29) is 45.3 Å². The van der Waals surface area contributed by atoms with Crippen molar-refractivity contribution in [3.63, 3.8) is 0 Å². The Labute approximate surface area is 231 Å². The number of carbonyl (C=O) groups excluding carboxylic acids is 2. The van der Waals surface area contributed by atoms with E-state index in [1.165, 1.54) is 34.9 Å². The van der Waals surface area contributed by atoms with Gasteiger partial charge in [0.15, 0.2) is 0 Å². The number of primary amides is 1. The van der Waals surface area contributed by atoms with Crippen LogP contribution in [0.5, 0.6) is 5.75 Å². The number of hydrogen-bond acceptors (Lipinski definition) is 8. The molecular formula is C26H25ClFN7O5. The summed E-state index contributed by atoms with van der Waals surface area (Å²) in [5, 5.41) is 13.0. The first-order valence-corrected chi connectivity index (χ1v) is 12.6. The van der Waals surface area contributed by atoms with Gasteiger partial charge in [-0.15, -0.1) is 0 Å². The molecule has 4 aromatic rings. The number of anilines is 2. The number of halogens is 2. The molecule has 2 amide bonds. The number of pyridine rings is 1. The molecule has 208 valence electrons. The smallest absolute Gasteiger partial charge is 0.263 e. The Bertz CT molecular complexity index is 1720. The van der Waals surface area contributed by atoms with Crippen LogP contribution in [0.3, 0.4) is 0 Å². The van der Waals surface area contributed by atoms with Gasteiger partial charge in [0, 0.05) is 43.0 Å². The Balaban J connectivity index is 1.51. The van der Waals surface area contributed by atoms with Crippen LogP contribution >= 0.6 is 11.6 Å². The Morgan fingerprint density at radius 1 is 1.27 bits per heavy atom. The summed E-state index contributed by atoms with van der Waals surface area (Å²) in [7, 11) is 1.48. The minimum Gasteiger partial charge on any atom is -0.507 e. The van der Waals surface area contributed by atoms with Crippen LogP contribution in [0.4, 0.5) is 15.9 Å². The molecule has 0 radical (unpaired) electrons. The highest BCUT2D eigenvalue weighted by Gasteiger charge is 2.24. The first-order valence-electron chi connectivity index (χ1n) is 12.2. The first kappa shape index (κ1) is 27.1. The summed E-state index contributed by atoms with van der Waals surface area (Å²) < 4.78 is 23.1. The molecule has 1 saturated heterocycles. The summed E-state index contributed by atoms with van der Waals surface area (Å²) in [4.78, 5) is 48.7. The third kappa shape index (κ3) is 4.96. The number of benzene rings is 1. The van der Waals surface area contributed by atoms with Crippen molar-refractivity contribution in [2.45, 2.75) is 19.5 Å². The summed E-state index contributed by atoms with van der Waals surface area (Å²) in [6, 6.07) is 3.56. The number of fused-ring (bicyclic) bond motifs is 1. The number of aromatic hydroxyl groups is 1. The van der Waals surface area contributed by atoms with Crippen molar-refractivity contribution in [3.05, 3.63) is 63.7 Å². The van der Waals surface area contributed by atoms with Crippen molar-refractivity contribution >= 4 is 46.0 Å². The van der Waals surface area contributed by atoms with E-state index in [9.17, 15) is 23.9 Å². The summed E-state index contributed by atoms with van der Waals surface area (Å²) >= 11 is 6.32. The van der Waals surface area contributed by atoms with Crippen molar-refractivity contribution in [3.8, 4) is 16.9 Å². The van der Waals surface area contributed by atoms with Gasteiger partial charge in [0.1, 0.15) is 29.6 Å². The van der Waals surface area contributed by atoms with Crippen LogP contribution in [-0.2, 0) is 23.1 Å². The molecule has 0 aliphatic carbocycles. The molecule has 0 saturated carbocycles. The van der Waals surface area contributed by atoms with E-state index in [2.05, 4.69) is 15.3 Å². The van der Waals surface area contributed by atoms with Gasteiger partial charge in [0.05, 0.1) is 53.4 Å². The lowest BCUT2D eigenvalue weighted by atomic mass is 10.0. The van der Waals surface area contributed by atoms with Crippen molar-refractivity contribution < 1.29 is 23.8 Å². The molecule has 4 heterocycles. The number of aryl methyl sites for hydroxylation is 1. The number of nitrogens with one attached hydrogen (secondary N) is 1. The molecule has 1 aliphatic heterocycles. The lowest BCUT2D eigenvalue weighted by Gasteiger charge is -2.34. The molecule has 12 nitrogen and oxygen atoms in total. The van der Waals surface area contributed by atoms with E-state index < -0.39 is 28.9 Å². The fourth-order valence-corrected chi connectivity index (χ4v) is 4.80. The molecule has 40 heavy (non-hydrogen) atoms. The summed E-state index contributed by atoms with van der Waals surface area (Å²) in [6.45, 7) is 3.43. The fraction of sp³-hybridized carbons (Fsp3) is 0.269.